The van der Waals surface area contributed by atoms with Crippen molar-refractivity contribution in [2.75, 3.05) is 36.2 Å². The molecule has 2 N–H and O–H groups in total. The summed E-state index contributed by atoms with van der Waals surface area (Å²) in [5.74, 6) is 1.82. The standard InChI is InChI=1S/C15H26N4OS/c1-3-8-16-13-10-14(18-15(17-13)21-2)19-9-6-4-5-7-12(19)11-20/h10,12,20H,3-9,11H2,1-2H3,(H,16,17,18). The lowest BCUT2D eigenvalue weighted by Crippen LogP contribution is -2.38. The van der Waals surface area contributed by atoms with Gasteiger partial charge in [-0.05, 0) is 25.5 Å². The molecule has 6 heteroatoms. The highest BCUT2D eigenvalue weighted by molar-refractivity contribution is 7.98. The molecule has 0 bridgehead atoms. The predicted octanol–water partition coefficient (Wildman–Crippen LogP) is 2.76. The van der Waals surface area contributed by atoms with Gasteiger partial charge in [-0.15, -0.1) is 0 Å². The number of aliphatic hydroxyl groups is 1. The number of aromatic nitrogens is 2. The second kappa shape index (κ2) is 8.44. The first kappa shape index (κ1) is 16.4. The van der Waals surface area contributed by atoms with Gasteiger partial charge in [-0.3, -0.25) is 0 Å². The topological polar surface area (TPSA) is 61.3 Å². The average molecular weight is 310 g/mol. The van der Waals surface area contributed by atoms with Crippen molar-refractivity contribution >= 4 is 23.4 Å². The van der Waals surface area contributed by atoms with Gasteiger partial charge in [0.2, 0.25) is 0 Å². The van der Waals surface area contributed by atoms with E-state index in [0.717, 1.165) is 49.1 Å². The molecular formula is C15H26N4OS. The fourth-order valence-corrected chi connectivity index (χ4v) is 3.04. The molecule has 0 radical (unpaired) electrons. The smallest absolute Gasteiger partial charge is 0.191 e. The van der Waals surface area contributed by atoms with Gasteiger partial charge < -0.3 is 15.3 Å². The summed E-state index contributed by atoms with van der Waals surface area (Å²) in [6, 6.07) is 2.19. The van der Waals surface area contributed by atoms with Crippen molar-refractivity contribution in [1.82, 2.24) is 9.97 Å². The number of nitrogens with one attached hydrogen (secondary N) is 1. The van der Waals surface area contributed by atoms with Crippen LogP contribution in [0.1, 0.15) is 39.0 Å². The van der Waals surface area contributed by atoms with Crippen LogP contribution in [0.25, 0.3) is 0 Å². The van der Waals surface area contributed by atoms with Crippen LogP contribution >= 0.6 is 11.8 Å². The summed E-state index contributed by atoms with van der Waals surface area (Å²) in [5.41, 5.74) is 0. The van der Waals surface area contributed by atoms with E-state index in [4.69, 9.17) is 0 Å². The van der Waals surface area contributed by atoms with Gasteiger partial charge in [0.25, 0.3) is 0 Å². The first-order valence-electron chi connectivity index (χ1n) is 7.83. The monoisotopic (exact) mass is 310 g/mol. The third-order valence-corrected chi connectivity index (χ3v) is 4.36. The maximum Gasteiger partial charge on any atom is 0.191 e. The number of nitrogens with zero attached hydrogens (tertiary/aromatic N) is 3. The van der Waals surface area contributed by atoms with E-state index in [1.807, 2.05) is 12.3 Å². The van der Waals surface area contributed by atoms with Crippen LogP contribution < -0.4 is 10.2 Å². The molecule has 5 nitrogen and oxygen atoms in total. The van der Waals surface area contributed by atoms with E-state index in [0.29, 0.717) is 0 Å². The molecule has 0 aromatic carbocycles. The highest BCUT2D eigenvalue weighted by Crippen LogP contribution is 2.26. The summed E-state index contributed by atoms with van der Waals surface area (Å²) in [5, 5.41) is 13.8. The summed E-state index contributed by atoms with van der Waals surface area (Å²) >= 11 is 1.56. The summed E-state index contributed by atoms with van der Waals surface area (Å²) < 4.78 is 0. The van der Waals surface area contributed by atoms with Crippen LogP contribution in [-0.2, 0) is 0 Å². The van der Waals surface area contributed by atoms with Crippen LogP contribution in [0.4, 0.5) is 11.6 Å². The zero-order chi connectivity index (χ0) is 15.1. The fourth-order valence-electron chi connectivity index (χ4n) is 2.66. The molecule has 1 atom stereocenters. The minimum Gasteiger partial charge on any atom is -0.394 e. The molecule has 1 aromatic rings. The van der Waals surface area contributed by atoms with Gasteiger partial charge in [0.05, 0.1) is 12.6 Å². The maximum atomic E-state index is 9.68. The van der Waals surface area contributed by atoms with Crippen LogP contribution in [0.5, 0.6) is 0 Å². The molecule has 0 spiro atoms. The Hall–Kier alpha value is -1.01. The molecular weight excluding hydrogens is 284 g/mol. The molecule has 1 aliphatic rings. The average Bonchev–Trinajstić information content (AvgIpc) is 2.77. The molecule has 0 saturated carbocycles. The second-order valence-corrected chi connectivity index (χ2v) is 6.18. The third-order valence-electron chi connectivity index (χ3n) is 3.81. The lowest BCUT2D eigenvalue weighted by molar-refractivity contribution is 0.254. The minimum atomic E-state index is 0.177. The molecule has 118 valence electrons. The van der Waals surface area contributed by atoms with Gasteiger partial charge in [0, 0.05) is 19.2 Å². The zero-order valence-corrected chi connectivity index (χ0v) is 13.8. The highest BCUT2D eigenvalue weighted by Gasteiger charge is 2.22. The third kappa shape index (κ3) is 4.48. The summed E-state index contributed by atoms with van der Waals surface area (Å²) in [7, 11) is 0. The Balaban J connectivity index is 2.26. The van der Waals surface area contributed by atoms with E-state index in [-0.39, 0.29) is 12.6 Å². The Kier molecular flexibility index (Phi) is 6.57. The summed E-state index contributed by atoms with van der Waals surface area (Å²) in [6.45, 7) is 4.20. The van der Waals surface area contributed by atoms with Gasteiger partial charge in [0.1, 0.15) is 11.6 Å². The normalized spacial score (nSPS) is 19.4. The van der Waals surface area contributed by atoms with E-state index in [1.165, 1.54) is 12.8 Å². The van der Waals surface area contributed by atoms with Gasteiger partial charge >= 0.3 is 0 Å². The number of anilines is 2. The molecule has 1 aliphatic heterocycles. The Morgan fingerprint density at radius 2 is 2.24 bits per heavy atom. The summed E-state index contributed by atoms with van der Waals surface area (Å²) in [4.78, 5) is 11.4. The van der Waals surface area contributed by atoms with Gasteiger partial charge in [-0.2, -0.15) is 0 Å². The van der Waals surface area contributed by atoms with Crippen molar-refractivity contribution < 1.29 is 5.11 Å². The van der Waals surface area contributed by atoms with E-state index in [2.05, 4.69) is 27.1 Å². The van der Waals surface area contributed by atoms with Gasteiger partial charge in [0.15, 0.2) is 5.16 Å². The maximum absolute atomic E-state index is 9.68. The van der Waals surface area contributed by atoms with Crippen molar-refractivity contribution in [1.29, 1.82) is 0 Å². The number of hydrogen-bond donors (Lipinski definition) is 2. The SMILES string of the molecule is CCCNc1cc(N2CCCCCC2CO)nc(SC)n1. The number of thioether (sulfide) groups is 1. The second-order valence-electron chi connectivity index (χ2n) is 5.40. The zero-order valence-electron chi connectivity index (χ0n) is 13.0. The van der Waals surface area contributed by atoms with Crippen LogP contribution in [0.2, 0.25) is 0 Å². The molecule has 1 saturated heterocycles. The predicted molar refractivity (Wildman–Crippen MR) is 89.3 cm³/mol. The lowest BCUT2D eigenvalue weighted by Gasteiger charge is -2.30. The molecule has 2 rings (SSSR count). The van der Waals surface area contributed by atoms with Crippen LogP contribution in [0, 0.1) is 0 Å². The molecule has 21 heavy (non-hydrogen) atoms. The van der Waals surface area contributed by atoms with Crippen molar-refractivity contribution in [3.8, 4) is 0 Å². The molecule has 0 aliphatic carbocycles. The Labute approximate surface area is 131 Å². The molecule has 1 aromatic heterocycles. The lowest BCUT2D eigenvalue weighted by atomic mass is 10.1. The molecule has 2 heterocycles. The Bertz CT molecular complexity index is 444. The highest BCUT2D eigenvalue weighted by atomic mass is 32.2. The fraction of sp³-hybridized carbons (Fsp3) is 0.733. The van der Waals surface area contributed by atoms with Gasteiger partial charge in [-0.1, -0.05) is 31.5 Å². The number of rotatable bonds is 6. The van der Waals surface area contributed by atoms with Crippen molar-refractivity contribution in [3.05, 3.63) is 6.07 Å². The first-order valence-corrected chi connectivity index (χ1v) is 9.05. The van der Waals surface area contributed by atoms with E-state index < -0.39 is 0 Å². The molecule has 0 amide bonds. The van der Waals surface area contributed by atoms with Crippen LogP contribution in [0.15, 0.2) is 11.2 Å². The Morgan fingerprint density at radius 3 is 2.95 bits per heavy atom. The van der Waals surface area contributed by atoms with Crippen molar-refractivity contribution in [2.45, 2.75) is 50.2 Å². The van der Waals surface area contributed by atoms with E-state index >= 15 is 0 Å². The minimum absolute atomic E-state index is 0.177. The largest absolute Gasteiger partial charge is 0.394 e. The molecule has 1 unspecified atom stereocenters. The van der Waals surface area contributed by atoms with Crippen molar-refractivity contribution in [3.63, 3.8) is 0 Å². The first-order chi connectivity index (χ1) is 10.3. The van der Waals surface area contributed by atoms with Crippen LogP contribution in [0.3, 0.4) is 0 Å². The number of hydrogen-bond acceptors (Lipinski definition) is 6. The van der Waals surface area contributed by atoms with Crippen LogP contribution in [-0.4, -0.2) is 47.1 Å². The molecule has 1 fully saturated rings. The van der Waals surface area contributed by atoms with Gasteiger partial charge in [-0.25, -0.2) is 9.97 Å². The van der Waals surface area contributed by atoms with E-state index in [1.54, 1.807) is 11.8 Å². The summed E-state index contributed by atoms with van der Waals surface area (Å²) in [6.07, 6.45) is 7.67. The quantitative estimate of drug-likeness (QED) is 0.622. The van der Waals surface area contributed by atoms with E-state index in [9.17, 15) is 5.11 Å². The van der Waals surface area contributed by atoms with Crippen molar-refractivity contribution in [2.24, 2.45) is 0 Å². The number of aliphatic hydroxyl groups excluding tert-OH is 1. The Morgan fingerprint density at radius 1 is 1.38 bits per heavy atom.